The van der Waals surface area contributed by atoms with Crippen LogP contribution in [0.2, 0.25) is 0 Å². The van der Waals surface area contributed by atoms with Gasteiger partial charge in [0.1, 0.15) is 4.75 Å². The molecule has 206 valence electrons. The fourth-order valence-corrected chi connectivity index (χ4v) is 7.51. The summed E-state index contributed by atoms with van der Waals surface area (Å²) in [7, 11) is -4.12. The van der Waals surface area contributed by atoms with Crippen molar-refractivity contribution in [1.29, 1.82) is 0 Å². The number of rotatable bonds is 9. The first-order valence-corrected chi connectivity index (χ1v) is 14.6. The fraction of sp³-hybridized carbons (Fsp3) is 0.519. The molecule has 2 fully saturated rings. The van der Waals surface area contributed by atoms with E-state index in [4.69, 9.17) is 4.74 Å². The number of amides is 2. The summed E-state index contributed by atoms with van der Waals surface area (Å²) < 4.78 is 33.4. The van der Waals surface area contributed by atoms with E-state index in [1.807, 2.05) is 25.1 Å². The van der Waals surface area contributed by atoms with E-state index in [-0.39, 0.29) is 32.5 Å². The van der Waals surface area contributed by atoms with E-state index in [2.05, 4.69) is 27.1 Å². The normalized spacial score (nSPS) is 23.5. The quantitative estimate of drug-likeness (QED) is 0.488. The van der Waals surface area contributed by atoms with Crippen molar-refractivity contribution < 1.29 is 22.7 Å². The molecule has 38 heavy (non-hydrogen) atoms. The number of piperazine rings is 1. The highest BCUT2D eigenvalue weighted by Crippen LogP contribution is 2.42. The molecule has 2 aliphatic heterocycles. The number of allylic oxidation sites excluding steroid dienone is 4. The molecule has 2 N–H and O–H groups in total. The molecule has 1 aliphatic carbocycles. The van der Waals surface area contributed by atoms with E-state index in [9.17, 15) is 18.0 Å². The number of pyridine rings is 1. The lowest BCUT2D eigenvalue weighted by Crippen LogP contribution is -2.63. The molecule has 10 nitrogen and oxygen atoms in total. The Balaban J connectivity index is 1.68. The Hall–Kier alpha value is -3.18. The molecule has 1 aromatic heterocycles. The maximum atomic E-state index is 14.2. The van der Waals surface area contributed by atoms with Gasteiger partial charge in [-0.1, -0.05) is 37.8 Å². The molecular formula is C27H37N5O5S. The Kier molecular flexibility index (Phi) is 8.57. The monoisotopic (exact) mass is 543 g/mol. The van der Waals surface area contributed by atoms with Crippen molar-refractivity contribution in [2.24, 2.45) is 0 Å². The molecule has 3 heterocycles. The van der Waals surface area contributed by atoms with Crippen LogP contribution in [0.3, 0.4) is 0 Å². The number of carbonyl (C=O) groups excluding carboxylic acids is 2. The van der Waals surface area contributed by atoms with Crippen LogP contribution in [0, 0.1) is 0 Å². The smallest absolute Gasteiger partial charge is 0.407 e. The van der Waals surface area contributed by atoms with Gasteiger partial charge < -0.3 is 20.3 Å². The lowest BCUT2D eigenvalue weighted by molar-refractivity contribution is -0.126. The van der Waals surface area contributed by atoms with Crippen LogP contribution in [0.25, 0.3) is 0 Å². The number of alkyl carbamates (subject to hydrolysis) is 1. The van der Waals surface area contributed by atoms with Crippen LogP contribution in [-0.2, 0) is 19.6 Å². The summed E-state index contributed by atoms with van der Waals surface area (Å²) in [6.45, 7) is 7.65. The third-order valence-electron chi connectivity index (χ3n) is 7.54. The van der Waals surface area contributed by atoms with Crippen LogP contribution in [0.15, 0.2) is 61.0 Å². The molecular weight excluding hydrogens is 506 g/mol. The molecule has 0 spiro atoms. The first kappa shape index (κ1) is 27.8. The molecule has 3 aliphatic rings. The summed E-state index contributed by atoms with van der Waals surface area (Å²) in [6, 6.07) is 3.87. The third-order valence-corrected chi connectivity index (χ3v) is 9.98. The van der Waals surface area contributed by atoms with Gasteiger partial charge in [-0.25, -0.2) is 17.5 Å². The lowest BCUT2D eigenvalue weighted by atomic mass is 9.76. The average molecular weight is 544 g/mol. The Labute approximate surface area is 224 Å². The number of hydrogen-bond donors (Lipinski definition) is 2. The minimum Gasteiger partial charge on any atom is -0.450 e. The highest BCUT2D eigenvalue weighted by atomic mass is 32.2. The van der Waals surface area contributed by atoms with Crippen molar-refractivity contribution in [1.82, 2.24) is 19.9 Å². The highest BCUT2D eigenvalue weighted by Gasteiger charge is 2.53. The van der Waals surface area contributed by atoms with Crippen molar-refractivity contribution in [2.75, 3.05) is 44.2 Å². The van der Waals surface area contributed by atoms with Crippen LogP contribution >= 0.6 is 0 Å². The predicted molar refractivity (Wildman–Crippen MR) is 146 cm³/mol. The molecule has 11 heteroatoms. The second-order valence-electron chi connectivity index (χ2n) is 10.1. The minimum atomic E-state index is -4.12. The van der Waals surface area contributed by atoms with Crippen LogP contribution in [0.5, 0.6) is 0 Å². The summed E-state index contributed by atoms with van der Waals surface area (Å²) >= 11 is 0. The average Bonchev–Trinajstić information content (AvgIpc) is 2.93. The summed E-state index contributed by atoms with van der Waals surface area (Å²) in [4.78, 5) is 31.9. The van der Waals surface area contributed by atoms with Crippen LogP contribution in [0.4, 0.5) is 10.5 Å². The van der Waals surface area contributed by atoms with Crippen molar-refractivity contribution in [3.63, 3.8) is 0 Å². The molecule has 0 bridgehead atoms. The molecule has 1 aromatic rings. The summed E-state index contributed by atoms with van der Waals surface area (Å²) in [5, 5.41) is 6.01. The van der Waals surface area contributed by atoms with Gasteiger partial charge in [0, 0.05) is 49.8 Å². The van der Waals surface area contributed by atoms with Gasteiger partial charge in [0.2, 0.25) is 15.9 Å². The number of nitrogens with zero attached hydrogens (tertiary/aromatic N) is 3. The van der Waals surface area contributed by atoms with Crippen molar-refractivity contribution >= 4 is 27.7 Å². The first-order valence-electron chi connectivity index (χ1n) is 13.1. The largest absolute Gasteiger partial charge is 0.450 e. The number of carbonyl (C=O) groups is 2. The van der Waals surface area contributed by atoms with E-state index in [0.717, 1.165) is 15.6 Å². The topological polar surface area (TPSA) is 121 Å². The number of sulfonamides is 1. The molecule has 0 radical (unpaired) electrons. The number of aromatic nitrogens is 1. The van der Waals surface area contributed by atoms with Crippen molar-refractivity contribution in [2.45, 2.75) is 49.3 Å². The van der Waals surface area contributed by atoms with Gasteiger partial charge in [0.15, 0.2) is 0 Å². The third kappa shape index (κ3) is 5.78. The molecule has 1 unspecified atom stereocenters. The molecule has 2 amide bonds. The van der Waals surface area contributed by atoms with Crippen molar-refractivity contribution in [3.05, 3.63) is 61.0 Å². The van der Waals surface area contributed by atoms with Gasteiger partial charge in [-0.15, -0.1) is 0 Å². The van der Waals surface area contributed by atoms with Crippen LogP contribution < -0.4 is 15.5 Å². The Bertz CT molecular complexity index is 1190. The van der Waals surface area contributed by atoms with E-state index >= 15 is 0 Å². The second-order valence-corrected chi connectivity index (χ2v) is 12.3. The van der Waals surface area contributed by atoms with Gasteiger partial charge >= 0.3 is 6.09 Å². The number of hydrogen-bond acceptors (Lipinski definition) is 8. The van der Waals surface area contributed by atoms with Crippen LogP contribution in [-0.4, -0.2) is 79.3 Å². The number of anilines is 1. The molecule has 2 saturated heterocycles. The zero-order valence-corrected chi connectivity index (χ0v) is 22.7. The van der Waals surface area contributed by atoms with E-state index in [1.54, 1.807) is 30.6 Å². The number of ether oxygens (including phenoxy) is 1. The van der Waals surface area contributed by atoms with E-state index < -0.39 is 32.3 Å². The summed E-state index contributed by atoms with van der Waals surface area (Å²) in [5.41, 5.74) is 0.980. The zero-order valence-electron chi connectivity index (χ0n) is 21.9. The second kappa shape index (κ2) is 11.7. The zero-order chi connectivity index (χ0) is 27.2. The minimum absolute atomic E-state index is 0.0274. The molecule has 1 atom stereocenters. The Morgan fingerprint density at radius 2 is 2.00 bits per heavy atom. The van der Waals surface area contributed by atoms with Gasteiger partial charge in [-0.05, 0) is 49.8 Å². The van der Waals surface area contributed by atoms with Gasteiger partial charge in [0.05, 0.1) is 13.2 Å². The number of nitrogens with one attached hydrogen (secondary N) is 2. The lowest BCUT2D eigenvalue weighted by Gasteiger charge is -2.48. The first-order chi connectivity index (χ1) is 18.2. The summed E-state index contributed by atoms with van der Waals surface area (Å²) in [5.74, 6) is -0.473. The molecule has 4 rings (SSSR count). The van der Waals surface area contributed by atoms with E-state index in [1.165, 1.54) is 0 Å². The fourth-order valence-electron chi connectivity index (χ4n) is 5.42. The predicted octanol–water partition coefficient (Wildman–Crippen LogP) is 2.52. The van der Waals surface area contributed by atoms with Gasteiger partial charge in [-0.2, -0.15) is 0 Å². The van der Waals surface area contributed by atoms with Crippen molar-refractivity contribution in [3.8, 4) is 0 Å². The van der Waals surface area contributed by atoms with Gasteiger partial charge in [0.25, 0.3) is 0 Å². The SMILES string of the molecule is C=CC1=CCC(CC2(NC(=O)OCCC)CCN(c3ccncc3)CC2)(S(=O)(=O)N2CCNCC2=O)C=C1. The molecule has 0 aromatic carbocycles. The molecule has 0 saturated carbocycles. The standard InChI is InChI=1S/C27H37N5O5S/c1-3-19-37-25(34)30-26(11-16-31(17-12-26)23-7-13-28-14-8-23)21-27(9-5-22(4-2)6-10-27)38(35,36)32-18-15-29-20-24(32)33/h4-9,13-14,29H,2-3,10-12,15-21H2,1H3,(H,30,34). The van der Waals surface area contributed by atoms with Crippen LogP contribution in [0.1, 0.15) is 39.0 Å². The maximum Gasteiger partial charge on any atom is 0.407 e. The Morgan fingerprint density at radius 1 is 1.26 bits per heavy atom. The van der Waals surface area contributed by atoms with E-state index in [0.29, 0.717) is 38.9 Å². The maximum absolute atomic E-state index is 14.2. The number of piperidine rings is 1. The summed E-state index contributed by atoms with van der Waals surface area (Å²) in [6.07, 6.45) is 11.8. The highest BCUT2D eigenvalue weighted by molar-refractivity contribution is 7.91. The Morgan fingerprint density at radius 3 is 2.61 bits per heavy atom. The van der Waals surface area contributed by atoms with Gasteiger partial charge in [-0.3, -0.25) is 9.78 Å².